The molecule has 13 heavy (non-hydrogen) atoms. The van der Waals surface area contributed by atoms with Gasteiger partial charge in [-0.05, 0) is 18.2 Å². The van der Waals surface area contributed by atoms with Crippen LogP contribution in [0.15, 0.2) is 24.3 Å². The molecule has 0 unspecified atom stereocenters. The first-order chi connectivity index (χ1) is 6.27. The van der Waals surface area contributed by atoms with E-state index in [-0.39, 0.29) is 5.91 Å². The van der Waals surface area contributed by atoms with Crippen molar-refractivity contribution in [2.75, 3.05) is 19.6 Å². The van der Waals surface area contributed by atoms with Crippen molar-refractivity contribution >= 4 is 11.6 Å². The van der Waals surface area contributed by atoms with Crippen LogP contribution in [0.4, 0.5) is 5.69 Å². The van der Waals surface area contributed by atoms with Crippen LogP contribution in [0.3, 0.4) is 0 Å². The first-order valence-corrected chi connectivity index (χ1v) is 3.89. The largest absolute Gasteiger partial charge is 0.355 e. The molecule has 0 spiro atoms. The molecule has 0 radical (unpaired) electrons. The van der Waals surface area contributed by atoms with E-state index in [1.165, 1.54) is 7.11 Å². The van der Waals surface area contributed by atoms with Crippen LogP contribution in [0.25, 0.3) is 0 Å². The number of hydrogen-bond acceptors (Lipinski definition) is 3. The topological polar surface area (TPSA) is 50.4 Å². The van der Waals surface area contributed by atoms with Gasteiger partial charge in [0.05, 0.1) is 12.8 Å². The molecule has 1 aromatic carbocycles. The van der Waals surface area contributed by atoms with E-state index in [9.17, 15) is 4.79 Å². The van der Waals surface area contributed by atoms with Crippen molar-refractivity contribution in [1.29, 1.82) is 0 Å². The molecule has 0 saturated carbocycles. The van der Waals surface area contributed by atoms with Gasteiger partial charge < -0.3 is 5.32 Å². The number of carbonyl (C=O) groups excluding carboxylic acids is 1. The number of carbonyl (C=O) groups is 1. The highest BCUT2D eigenvalue weighted by molar-refractivity contribution is 5.94. The molecule has 0 aliphatic rings. The number of benzene rings is 1. The van der Waals surface area contributed by atoms with Crippen molar-refractivity contribution in [2.24, 2.45) is 0 Å². The zero-order chi connectivity index (χ0) is 9.68. The number of nitrogens with one attached hydrogen (secondary N) is 2. The molecule has 70 valence electrons. The van der Waals surface area contributed by atoms with E-state index in [4.69, 9.17) is 4.84 Å². The molecule has 1 rings (SSSR count). The first-order valence-electron chi connectivity index (χ1n) is 3.89. The minimum Gasteiger partial charge on any atom is -0.355 e. The van der Waals surface area contributed by atoms with Crippen LogP contribution in [0, 0.1) is 0 Å². The number of amides is 1. The zero-order valence-electron chi connectivity index (χ0n) is 7.63. The minimum absolute atomic E-state index is 0.111. The summed E-state index contributed by atoms with van der Waals surface area (Å²) in [6, 6.07) is 7.05. The summed E-state index contributed by atoms with van der Waals surface area (Å²) in [7, 11) is 3.12. The Morgan fingerprint density at radius 1 is 1.46 bits per heavy atom. The quantitative estimate of drug-likeness (QED) is 0.683. The van der Waals surface area contributed by atoms with E-state index in [0.717, 1.165) is 5.69 Å². The summed E-state index contributed by atoms with van der Waals surface area (Å²) in [5.74, 6) is -0.111. The summed E-state index contributed by atoms with van der Waals surface area (Å²) in [5.41, 5.74) is 4.00. The molecule has 2 N–H and O–H groups in total. The van der Waals surface area contributed by atoms with Gasteiger partial charge in [-0.1, -0.05) is 6.07 Å². The maximum absolute atomic E-state index is 11.2. The van der Waals surface area contributed by atoms with E-state index < -0.39 is 0 Å². The molecule has 4 heteroatoms. The summed E-state index contributed by atoms with van der Waals surface area (Å²) in [5, 5.41) is 2.54. The maximum Gasteiger partial charge on any atom is 0.251 e. The molecule has 0 aliphatic heterocycles. The van der Waals surface area contributed by atoms with Crippen molar-refractivity contribution in [3.05, 3.63) is 29.8 Å². The molecule has 0 saturated heterocycles. The van der Waals surface area contributed by atoms with Crippen LogP contribution in [0.2, 0.25) is 0 Å². The predicted molar refractivity (Wildman–Crippen MR) is 50.5 cm³/mol. The lowest BCUT2D eigenvalue weighted by Gasteiger charge is -2.04. The van der Waals surface area contributed by atoms with Gasteiger partial charge in [-0.25, -0.2) is 0 Å². The van der Waals surface area contributed by atoms with Gasteiger partial charge in [0.15, 0.2) is 0 Å². The van der Waals surface area contributed by atoms with Gasteiger partial charge in [-0.15, -0.1) is 0 Å². The summed E-state index contributed by atoms with van der Waals surface area (Å²) in [4.78, 5) is 15.9. The number of anilines is 1. The first kappa shape index (κ1) is 9.54. The third-order valence-electron chi connectivity index (χ3n) is 1.57. The van der Waals surface area contributed by atoms with E-state index >= 15 is 0 Å². The van der Waals surface area contributed by atoms with Gasteiger partial charge in [0, 0.05) is 12.6 Å². The molecular weight excluding hydrogens is 168 g/mol. The Morgan fingerprint density at radius 3 is 2.85 bits per heavy atom. The number of hydrogen-bond donors (Lipinski definition) is 2. The van der Waals surface area contributed by atoms with Crippen molar-refractivity contribution in [3.8, 4) is 0 Å². The van der Waals surface area contributed by atoms with Crippen LogP contribution >= 0.6 is 0 Å². The second kappa shape index (κ2) is 4.47. The lowest BCUT2D eigenvalue weighted by molar-refractivity contribution is 0.0963. The van der Waals surface area contributed by atoms with E-state index in [1.54, 1.807) is 25.2 Å². The fraction of sp³-hybridized carbons (Fsp3) is 0.222. The van der Waals surface area contributed by atoms with E-state index in [0.29, 0.717) is 5.56 Å². The third kappa shape index (κ3) is 2.45. The minimum atomic E-state index is -0.111. The SMILES string of the molecule is CNC(=O)c1cccc(NOC)c1. The lowest BCUT2D eigenvalue weighted by atomic mass is 10.2. The highest BCUT2D eigenvalue weighted by atomic mass is 16.6. The average molecular weight is 180 g/mol. The Labute approximate surface area is 76.9 Å². The molecule has 0 atom stereocenters. The van der Waals surface area contributed by atoms with Crippen molar-refractivity contribution < 1.29 is 9.63 Å². The van der Waals surface area contributed by atoms with Crippen LogP contribution in [-0.2, 0) is 4.84 Å². The smallest absolute Gasteiger partial charge is 0.251 e. The molecule has 1 amide bonds. The molecule has 0 heterocycles. The fourth-order valence-electron chi connectivity index (χ4n) is 0.986. The van der Waals surface area contributed by atoms with Crippen LogP contribution in [0.1, 0.15) is 10.4 Å². The Morgan fingerprint density at radius 2 is 2.23 bits per heavy atom. The molecule has 0 fully saturated rings. The summed E-state index contributed by atoms with van der Waals surface area (Å²) >= 11 is 0. The Hall–Kier alpha value is -1.55. The molecular formula is C9H12N2O2. The normalized spacial score (nSPS) is 9.38. The zero-order valence-corrected chi connectivity index (χ0v) is 7.63. The van der Waals surface area contributed by atoms with Gasteiger partial charge in [0.1, 0.15) is 0 Å². The Balaban J connectivity index is 2.85. The van der Waals surface area contributed by atoms with Crippen LogP contribution in [-0.4, -0.2) is 20.1 Å². The van der Waals surface area contributed by atoms with Crippen LogP contribution in [0.5, 0.6) is 0 Å². The lowest BCUT2D eigenvalue weighted by Crippen LogP contribution is -2.17. The van der Waals surface area contributed by atoms with Gasteiger partial charge >= 0.3 is 0 Å². The average Bonchev–Trinajstić information content (AvgIpc) is 2.18. The highest BCUT2D eigenvalue weighted by Crippen LogP contribution is 2.09. The van der Waals surface area contributed by atoms with Crippen LogP contribution < -0.4 is 10.8 Å². The van der Waals surface area contributed by atoms with Gasteiger partial charge in [0.25, 0.3) is 5.91 Å². The molecule has 0 bridgehead atoms. The van der Waals surface area contributed by atoms with Gasteiger partial charge in [-0.2, -0.15) is 0 Å². The number of rotatable bonds is 3. The third-order valence-corrected chi connectivity index (χ3v) is 1.57. The molecule has 1 aromatic rings. The molecule has 0 aromatic heterocycles. The Bertz CT molecular complexity index is 299. The summed E-state index contributed by atoms with van der Waals surface area (Å²) in [6.45, 7) is 0. The second-order valence-electron chi connectivity index (χ2n) is 2.47. The summed E-state index contributed by atoms with van der Waals surface area (Å²) < 4.78 is 0. The standard InChI is InChI=1S/C9H12N2O2/c1-10-9(12)7-4-3-5-8(6-7)11-13-2/h3-6,11H,1-2H3,(H,10,12). The molecule has 0 aliphatic carbocycles. The Kier molecular flexibility index (Phi) is 3.28. The monoisotopic (exact) mass is 180 g/mol. The second-order valence-corrected chi connectivity index (χ2v) is 2.47. The van der Waals surface area contributed by atoms with Crippen molar-refractivity contribution in [2.45, 2.75) is 0 Å². The summed E-state index contributed by atoms with van der Waals surface area (Å²) in [6.07, 6.45) is 0. The van der Waals surface area contributed by atoms with E-state index in [2.05, 4.69) is 10.8 Å². The fourth-order valence-corrected chi connectivity index (χ4v) is 0.986. The molecule has 4 nitrogen and oxygen atoms in total. The van der Waals surface area contributed by atoms with Gasteiger partial charge in [-0.3, -0.25) is 15.1 Å². The predicted octanol–water partition coefficient (Wildman–Crippen LogP) is 1.02. The van der Waals surface area contributed by atoms with E-state index in [1.807, 2.05) is 6.07 Å². The highest BCUT2D eigenvalue weighted by Gasteiger charge is 2.02. The van der Waals surface area contributed by atoms with Gasteiger partial charge in [0.2, 0.25) is 0 Å². The van der Waals surface area contributed by atoms with Crippen molar-refractivity contribution in [1.82, 2.24) is 5.32 Å². The van der Waals surface area contributed by atoms with Crippen molar-refractivity contribution in [3.63, 3.8) is 0 Å². The maximum atomic E-state index is 11.2.